The van der Waals surface area contributed by atoms with Crippen molar-refractivity contribution in [3.05, 3.63) is 67.5 Å². The van der Waals surface area contributed by atoms with Crippen molar-refractivity contribution >= 4 is 11.5 Å². The van der Waals surface area contributed by atoms with Crippen LogP contribution in [0.2, 0.25) is 0 Å². The summed E-state index contributed by atoms with van der Waals surface area (Å²) in [6.45, 7) is 0. The van der Waals surface area contributed by atoms with E-state index >= 15 is 0 Å². The van der Waals surface area contributed by atoms with E-state index in [-0.39, 0.29) is 0 Å². The first-order valence-corrected chi connectivity index (χ1v) is 6.05. The van der Waals surface area contributed by atoms with Gasteiger partial charge in [0.15, 0.2) is 6.39 Å². The fourth-order valence-corrected chi connectivity index (χ4v) is 1.01. The molecule has 0 atom stereocenters. The molecule has 0 saturated carbocycles. The Morgan fingerprint density at radius 3 is 2.05 bits per heavy atom. The SMILES string of the molecule is c1cnoc1.c1cnsc1.c1cocn1.c1conn1. The Balaban J connectivity index is 0.000000133. The van der Waals surface area contributed by atoms with Gasteiger partial charge in [0.1, 0.15) is 18.8 Å². The van der Waals surface area contributed by atoms with E-state index in [1.165, 1.54) is 42.9 Å². The summed E-state index contributed by atoms with van der Waals surface area (Å²) in [6.07, 6.45) is 12.2. The number of nitrogens with zero attached hydrogens (tertiary/aromatic N) is 5. The van der Waals surface area contributed by atoms with E-state index in [1.807, 2.05) is 11.4 Å². The van der Waals surface area contributed by atoms with E-state index in [0.717, 1.165) is 0 Å². The average molecular weight is 293 g/mol. The Hall–Kier alpha value is -2.81. The van der Waals surface area contributed by atoms with Crippen molar-refractivity contribution in [2.75, 3.05) is 0 Å². The first kappa shape index (κ1) is 15.2. The predicted octanol–water partition coefficient (Wildman–Crippen LogP) is 2.56. The van der Waals surface area contributed by atoms with Crippen molar-refractivity contribution in [1.29, 1.82) is 0 Å². The van der Waals surface area contributed by atoms with E-state index in [2.05, 4.69) is 38.3 Å². The molecular formula is C11H11N5O3S. The average Bonchev–Trinajstić information content (AvgIpc) is 3.40. The highest BCUT2D eigenvalue weighted by Crippen LogP contribution is 1.83. The maximum absolute atomic E-state index is 4.47. The first-order chi connectivity index (χ1) is 10.0. The number of oxazole rings is 1. The van der Waals surface area contributed by atoms with Crippen LogP contribution in [0.25, 0.3) is 0 Å². The second-order valence-electron chi connectivity index (χ2n) is 2.64. The lowest BCUT2D eigenvalue weighted by Gasteiger charge is -1.48. The van der Waals surface area contributed by atoms with Gasteiger partial charge in [-0.05, 0) is 23.7 Å². The standard InChI is InChI=1S/2C3H3NO.C3H3NS.C2H2N2O/c1-2-5-3-4-1;2*1-2-4-5-3-1;1-2-5-4-3-1/h3*1-3H;1-2H. The van der Waals surface area contributed by atoms with Crippen molar-refractivity contribution in [2.24, 2.45) is 0 Å². The molecule has 0 aliphatic rings. The third kappa shape index (κ3) is 10.4. The maximum atomic E-state index is 4.47. The van der Waals surface area contributed by atoms with Gasteiger partial charge in [-0.25, -0.2) is 9.36 Å². The third-order valence-corrected chi connectivity index (χ3v) is 1.85. The molecule has 0 aromatic carbocycles. The Labute approximate surface area is 118 Å². The van der Waals surface area contributed by atoms with Gasteiger partial charge in [-0.15, -0.1) is 5.10 Å². The molecular weight excluding hydrogens is 282 g/mol. The lowest BCUT2D eigenvalue weighted by atomic mass is 10.8. The van der Waals surface area contributed by atoms with Crippen molar-refractivity contribution < 1.29 is 13.5 Å². The predicted molar refractivity (Wildman–Crippen MR) is 69.4 cm³/mol. The van der Waals surface area contributed by atoms with Crippen LogP contribution < -0.4 is 0 Å². The highest BCUT2D eigenvalue weighted by Gasteiger charge is 1.62. The van der Waals surface area contributed by atoms with Crippen LogP contribution in [0.5, 0.6) is 0 Å². The molecule has 0 bridgehead atoms. The van der Waals surface area contributed by atoms with Crippen LogP contribution >= 0.6 is 11.5 Å². The van der Waals surface area contributed by atoms with Crippen molar-refractivity contribution in [1.82, 2.24) is 24.9 Å². The zero-order valence-electron chi connectivity index (χ0n) is 10.2. The van der Waals surface area contributed by atoms with Gasteiger partial charge in [-0.2, -0.15) is 0 Å². The Kier molecular flexibility index (Phi) is 9.64. The van der Waals surface area contributed by atoms with Crippen LogP contribution in [0.3, 0.4) is 0 Å². The molecule has 4 aromatic rings. The molecule has 4 heterocycles. The molecule has 20 heavy (non-hydrogen) atoms. The summed E-state index contributed by atoms with van der Waals surface area (Å²) < 4.78 is 16.8. The molecule has 0 aliphatic carbocycles. The van der Waals surface area contributed by atoms with Crippen LogP contribution in [-0.4, -0.2) is 24.9 Å². The first-order valence-electron chi connectivity index (χ1n) is 5.22. The van der Waals surface area contributed by atoms with E-state index in [0.29, 0.717) is 0 Å². The molecule has 0 fully saturated rings. The lowest BCUT2D eigenvalue weighted by Crippen LogP contribution is -1.53. The van der Waals surface area contributed by atoms with Crippen LogP contribution in [0.4, 0.5) is 0 Å². The summed E-state index contributed by atoms with van der Waals surface area (Å²) >= 11 is 1.46. The second-order valence-corrected chi connectivity index (χ2v) is 3.33. The number of aromatic nitrogens is 5. The minimum atomic E-state index is 1.38. The fraction of sp³-hybridized carbons (Fsp3) is 0. The monoisotopic (exact) mass is 293 g/mol. The summed E-state index contributed by atoms with van der Waals surface area (Å²) in [5, 5.41) is 11.7. The van der Waals surface area contributed by atoms with Crippen LogP contribution in [-0.2, 0) is 0 Å². The van der Waals surface area contributed by atoms with Gasteiger partial charge in [-0.1, -0.05) is 5.16 Å². The molecule has 8 nitrogen and oxygen atoms in total. The Morgan fingerprint density at radius 1 is 0.850 bits per heavy atom. The van der Waals surface area contributed by atoms with Gasteiger partial charge in [0.2, 0.25) is 0 Å². The second kappa shape index (κ2) is 12.6. The van der Waals surface area contributed by atoms with Crippen LogP contribution in [0.1, 0.15) is 0 Å². The number of hydrogen-bond donors (Lipinski definition) is 0. The summed E-state index contributed by atoms with van der Waals surface area (Å²) in [6, 6.07) is 3.63. The molecule has 0 unspecified atom stereocenters. The molecule has 0 spiro atoms. The van der Waals surface area contributed by atoms with E-state index in [4.69, 9.17) is 0 Å². The Bertz CT molecular complexity index is 363. The molecule has 0 aliphatic heterocycles. The largest absolute Gasteiger partial charge is 0.452 e. The minimum absolute atomic E-state index is 1.38. The Morgan fingerprint density at radius 2 is 1.85 bits per heavy atom. The lowest BCUT2D eigenvalue weighted by molar-refractivity contribution is 0.393. The smallest absolute Gasteiger partial charge is 0.180 e. The zero-order valence-corrected chi connectivity index (χ0v) is 11.0. The van der Waals surface area contributed by atoms with E-state index < -0.39 is 0 Å². The third-order valence-electron chi connectivity index (χ3n) is 1.32. The molecule has 0 radical (unpaired) electrons. The molecule has 0 N–H and O–H groups in total. The van der Waals surface area contributed by atoms with Gasteiger partial charge in [0, 0.05) is 16.8 Å². The van der Waals surface area contributed by atoms with E-state index in [1.54, 1.807) is 24.7 Å². The van der Waals surface area contributed by atoms with Gasteiger partial charge < -0.3 is 13.5 Å². The summed E-state index contributed by atoms with van der Waals surface area (Å²) in [5.74, 6) is 0. The summed E-state index contributed by atoms with van der Waals surface area (Å²) in [4.78, 5) is 3.56. The van der Waals surface area contributed by atoms with Crippen LogP contribution in [0.15, 0.2) is 80.9 Å². The zero-order chi connectivity index (χ0) is 14.1. The van der Waals surface area contributed by atoms with Crippen LogP contribution in [0, 0.1) is 0 Å². The van der Waals surface area contributed by atoms with Crippen molar-refractivity contribution in [2.45, 2.75) is 0 Å². The van der Waals surface area contributed by atoms with Gasteiger partial charge in [-0.3, -0.25) is 0 Å². The molecule has 104 valence electrons. The van der Waals surface area contributed by atoms with Crippen molar-refractivity contribution in [3.63, 3.8) is 0 Å². The maximum Gasteiger partial charge on any atom is 0.180 e. The molecule has 4 rings (SSSR count). The molecule has 0 saturated heterocycles. The highest BCUT2D eigenvalue weighted by atomic mass is 32.1. The molecule has 9 heteroatoms. The number of hydrogen-bond acceptors (Lipinski definition) is 9. The normalized spacial score (nSPS) is 8.00. The summed E-state index contributed by atoms with van der Waals surface area (Å²) in [7, 11) is 0. The van der Waals surface area contributed by atoms with Gasteiger partial charge in [0.05, 0.1) is 18.6 Å². The summed E-state index contributed by atoms with van der Waals surface area (Å²) in [5.41, 5.74) is 0. The fourth-order valence-electron chi connectivity index (χ4n) is 0.663. The van der Waals surface area contributed by atoms with Gasteiger partial charge in [0.25, 0.3) is 0 Å². The van der Waals surface area contributed by atoms with Gasteiger partial charge >= 0.3 is 0 Å². The van der Waals surface area contributed by atoms with Crippen molar-refractivity contribution in [3.8, 4) is 0 Å². The number of rotatable bonds is 0. The minimum Gasteiger partial charge on any atom is -0.452 e. The molecule has 0 amide bonds. The molecule has 4 aromatic heterocycles. The highest BCUT2D eigenvalue weighted by molar-refractivity contribution is 7.03. The quantitative estimate of drug-likeness (QED) is 0.487. The topological polar surface area (TPSA) is 104 Å². The van der Waals surface area contributed by atoms with E-state index in [9.17, 15) is 0 Å².